The van der Waals surface area contributed by atoms with Crippen LogP contribution < -0.4 is 25.2 Å². The molecule has 6 rings (SSSR count). The molecule has 8 heteroatoms. The Labute approximate surface area is 199 Å². The van der Waals surface area contributed by atoms with E-state index in [-0.39, 0.29) is 25.0 Å². The molecule has 2 aromatic rings. The molecular formula is C26H31N5O3. The van der Waals surface area contributed by atoms with E-state index < -0.39 is 5.41 Å². The van der Waals surface area contributed by atoms with Gasteiger partial charge in [-0.25, -0.2) is 5.84 Å². The predicted octanol–water partition coefficient (Wildman–Crippen LogP) is 3.23. The summed E-state index contributed by atoms with van der Waals surface area (Å²) in [5.74, 6) is 8.20. The lowest BCUT2D eigenvalue weighted by Gasteiger charge is -2.40. The maximum Gasteiger partial charge on any atom is 0.242 e. The van der Waals surface area contributed by atoms with Crippen molar-refractivity contribution in [1.82, 2.24) is 4.90 Å². The van der Waals surface area contributed by atoms with E-state index in [4.69, 9.17) is 20.7 Å². The van der Waals surface area contributed by atoms with Crippen molar-refractivity contribution in [1.29, 1.82) is 5.41 Å². The van der Waals surface area contributed by atoms with Crippen molar-refractivity contribution in [3.63, 3.8) is 0 Å². The molecule has 1 spiro atoms. The number of amidine groups is 1. The molecule has 34 heavy (non-hydrogen) atoms. The Morgan fingerprint density at radius 2 is 1.79 bits per heavy atom. The first-order valence-corrected chi connectivity index (χ1v) is 12.1. The number of para-hydroxylation sites is 1. The van der Waals surface area contributed by atoms with Crippen LogP contribution in [0.5, 0.6) is 11.5 Å². The number of amides is 1. The van der Waals surface area contributed by atoms with Crippen LogP contribution in [0.15, 0.2) is 36.4 Å². The van der Waals surface area contributed by atoms with Gasteiger partial charge in [-0.2, -0.15) is 0 Å². The quantitative estimate of drug-likeness (QED) is 0.682. The lowest BCUT2D eigenvalue weighted by atomic mass is 9.69. The molecule has 1 amide bonds. The number of hydrazine groups is 1. The number of carbonyl (C=O) groups is 1. The molecule has 0 aliphatic carbocycles. The molecular weight excluding hydrogens is 430 g/mol. The summed E-state index contributed by atoms with van der Waals surface area (Å²) in [4.78, 5) is 18.9. The number of nitrogens with zero attached hydrogens (tertiary/aromatic N) is 3. The minimum absolute atomic E-state index is 0.0259. The maximum absolute atomic E-state index is 14.4. The number of piperidine rings is 1. The van der Waals surface area contributed by atoms with Crippen LogP contribution in [0.4, 0.5) is 11.4 Å². The largest absolute Gasteiger partial charge is 0.454 e. The number of likely N-dealkylation sites (tertiary alicyclic amines) is 1. The van der Waals surface area contributed by atoms with E-state index in [1.54, 1.807) is 6.07 Å². The van der Waals surface area contributed by atoms with E-state index in [9.17, 15) is 4.79 Å². The van der Waals surface area contributed by atoms with E-state index in [2.05, 4.69) is 18.7 Å². The van der Waals surface area contributed by atoms with Gasteiger partial charge in [0.1, 0.15) is 11.3 Å². The predicted molar refractivity (Wildman–Crippen MR) is 131 cm³/mol. The molecule has 0 bridgehead atoms. The number of carbonyl (C=O) groups excluding carboxylic acids is 1. The fraction of sp³-hybridized carbons (Fsp3) is 0.462. The molecule has 1 fully saturated rings. The summed E-state index contributed by atoms with van der Waals surface area (Å²) in [6, 6.07) is 12.3. The van der Waals surface area contributed by atoms with Crippen molar-refractivity contribution in [2.45, 2.75) is 44.6 Å². The van der Waals surface area contributed by atoms with Gasteiger partial charge >= 0.3 is 0 Å². The highest BCUT2D eigenvalue weighted by Gasteiger charge is 2.56. The first-order chi connectivity index (χ1) is 16.4. The second-order valence-corrected chi connectivity index (χ2v) is 10.1. The second-order valence-electron chi connectivity index (χ2n) is 10.1. The number of hydrogen-bond acceptors (Lipinski definition) is 6. The zero-order valence-corrected chi connectivity index (χ0v) is 19.7. The van der Waals surface area contributed by atoms with Crippen LogP contribution in [-0.2, 0) is 10.2 Å². The normalized spacial score (nSPS) is 24.4. The number of fused-ring (bicyclic) bond motifs is 5. The van der Waals surface area contributed by atoms with Gasteiger partial charge in [-0.3, -0.25) is 15.2 Å². The average Bonchev–Trinajstić information content (AvgIpc) is 3.39. The molecule has 4 heterocycles. The van der Waals surface area contributed by atoms with Crippen molar-refractivity contribution in [3.05, 3.63) is 47.5 Å². The molecule has 8 nitrogen and oxygen atoms in total. The standard InChI is InChI=1S/C26H31N5O3/c1-16(2)29-9-7-17(8-10-29)14-30-20-6-4-3-5-18(20)26(25(30)32)13-24(27)31(28)21-12-23-22(11-19(21)26)33-15-34-23/h3-6,11-12,16-17,27H,7-10,13-15,28H2,1-2H3. The Bertz CT molecular complexity index is 1170. The first-order valence-electron chi connectivity index (χ1n) is 12.1. The SMILES string of the molecule is CC(C)N1CCC(CN2C(=O)C3(CC(=N)N(N)c4cc5c(cc43)OCO5)c3ccccc32)CC1. The van der Waals surface area contributed by atoms with Gasteiger partial charge in [0, 0.05) is 36.3 Å². The molecule has 4 aliphatic rings. The number of nitrogens with two attached hydrogens (primary N) is 1. The molecule has 1 atom stereocenters. The van der Waals surface area contributed by atoms with Crippen molar-refractivity contribution in [2.75, 3.05) is 36.3 Å². The number of anilines is 2. The van der Waals surface area contributed by atoms with Gasteiger partial charge in [0.2, 0.25) is 12.7 Å². The Kier molecular flexibility index (Phi) is 4.86. The third-order valence-electron chi connectivity index (χ3n) is 8.02. The zero-order valence-electron chi connectivity index (χ0n) is 19.7. The Morgan fingerprint density at radius 1 is 1.09 bits per heavy atom. The maximum atomic E-state index is 14.4. The molecule has 0 radical (unpaired) electrons. The summed E-state index contributed by atoms with van der Waals surface area (Å²) in [6.45, 7) is 7.45. The summed E-state index contributed by atoms with van der Waals surface area (Å²) in [7, 11) is 0. The third-order valence-corrected chi connectivity index (χ3v) is 8.02. The van der Waals surface area contributed by atoms with Crippen molar-refractivity contribution >= 4 is 23.1 Å². The van der Waals surface area contributed by atoms with E-state index in [0.717, 1.165) is 42.7 Å². The number of ether oxygens (including phenoxy) is 2. The van der Waals surface area contributed by atoms with Crippen LogP contribution in [0.1, 0.15) is 44.2 Å². The third kappa shape index (κ3) is 2.98. The molecule has 2 aromatic carbocycles. The summed E-state index contributed by atoms with van der Waals surface area (Å²) in [5, 5.41) is 10.0. The Balaban J connectivity index is 1.42. The lowest BCUT2D eigenvalue weighted by Crippen LogP contribution is -2.53. The fourth-order valence-electron chi connectivity index (χ4n) is 6.10. The van der Waals surface area contributed by atoms with E-state index in [1.165, 1.54) is 5.01 Å². The highest BCUT2D eigenvalue weighted by atomic mass is 16.7. The smallest absolute Gasteiger partial charge is 0.242 e. The summed E-state index contributed by atoms with van der Waals surface area (Å²) >= 11 is 0. The monoisotopic (exact) mass is 461 g/mol. The Hall–Kier alpha value is -3.10. The van der Waals surface area contributed by atoms with Crippen LogP contribution in [0.25, 0.3) is 0 Å². The fourth-order valence-corrected chi connectivity index (χ4v) is 6.10. The van der Waals surface area contributed by atoms with Gasteiger partial charge in [-0.15, -0.1) is 0 Å². The van der Waals surface area contributed by atoms with Gasteiger partial charge in [0.25, 0.3) is 0 Å². The molecule has 178 valence electrons. The van der Waals surface area contributed by atoms with Crippen LogP contribution in [0.2, 0.25) is 0 Å². The van der Waals surface area contributed by atoms with Crippen LogP contribution in [0.3, 0.4) is 0 Å². The molecule has 4 aliphatic heterocycles. The molecule has 1 saturated heterocycles. The molecule has 1 unspecified atom stereocenters. The minimum Gasteiger partial charge on any atom is -0.454 e. The van der Waals surface area contributed by atoms with Crippen molar-refractivity contribution < 1.29 is 14.3 Å². The zero-order chi connectivity index (χ0) is 23.6. The second kappa shape index (κ2) is 7.71. The van der Waals surface area contributed by atoms with Gasteiger partial charge < -0.3 is 19.3 Å². The van der Waals surface area contributed by atoms with Gasteiger partial charge in [0.15, 0.2) is 11.5 Å². The summed E-state index contributed by atoms with van der Waals surface area (Å²) < 4.78 is 11.2. The van der Waals surface area contributed by atoms with E-state index in [0.29, 0.717) is 35.7 Å². The van der Waals surface area contributed by atoms with Crippen LogP contribution >= 0.6 is 0 Å². The highest BCUT2D eigenvalue weighted by molar-refractivity contribution is 6.16. The van der Waals surface area contributed by atoms with Gasteiger partial charge in [-0.1, -0.05) is 18.2 Å². The minimum atomic E-state index is -0.988. The number of rotatable bonds is 3. The number of hydrogen-bond donors (Lipinski definition) is 2. The topological polar surface area (TPSA) is 95.1 Å². The molecule has 3 N–H and O–H groups in total. The molecule has 0 saturated carbocycles. The number of benzene rings is 2. The first kappa shape index (κ1) is 21.4. The molecule has 0 aromatic heterocycles. The van der Waals surface area contributed by atoms with Crippen LogP contribution in [-0.4, -0.2) is 49.1 Å². The highest BCUT2D eigenvalue weighted by Crippen LogP contribution is 2.55. The van der Waals surface area contributed by atoms with Gasteiger partial charge in [-0.05, 0) is 63.4 Å². The van der Waals surface area contributed by atoms with E-state index in [1.807, 2.05) is 35.2 Å². The van der Waals surface area contributed by atoms with Crippen LogP contribution in [0, 0.1) is 11.3 Å². The average molecular weight is 462 g/mol. The van der Waals surface area contributed by atoms with E-state index >= 15 is 0 Å². The number of nitrogens with one attached hydrogen (secondary N) is 1. The Morgan fingerprint density at radius 3 is 2.53 bits per heavy atom. The van der Waals surface area contributed by atoms with Gasteiger partial charge in [0.05, 0.1) is 5.69 Å². The van der Waals surface area contributed by atoms with Crippen molar-refractivity contribution in [2.24, 2.45) is 11.8 Å². The summed E-state index contributed by atoms with van der Waals surface area (Å²) in [5.41, 5.74) is 2.30. The van der Waals surface area contributed by atoms with Crippen molar-refractivity contribution in [3.8, 4) is 11.5 Å². The summed E-state index contributed by atoms with van der Waals surface area (Å²) in [6.07, 6.45) is 2.38. The lowest BCUT2D eigenvalue weighted by molar-refractivity contribution is -0.121.